The first kappa shape index (κ1) is 27.8. The van der Waals surface area contributed by atoms with Gasteiger partial charge in [0.1, 0.15) is 11.3 Å². The van der Waals surface area contributed by atoms with Gasteiger partial charge in [0.15, 0.2) is 5.82 Å². The number of hydrogen-bond acceptors (Lipinski definition) is 10. The lowest BCUT2D eigenvalue weighted by atomic mass is 10.0. The zero-order chi connectivity index (χ0) is 29.3. The van der Waals surface area contributed by atoms with Crippen molar-refractivity contribution in [3.63, 3.8) is 0 Å². The van der Waals surface area contributed by atoms with E-state index in [0.717, 1.165) is 42.1 Å². The molecule has 2 aromatic heterocycles. The van der Waals surface area contributed by atoms with Gasteiger partial charge in [0, 0.05) is 50.1 Å². The number of benzene rings is 1. The molecule has 214 valence electrons. The van der Waals surface area contributed by atoms with E-state index >= 15 is 0 Å². The maximum atomic E-state index is 12.3. The molecule has 0 radical (unpaired) electrons. The molecule has 2 aliphatic rings. The smallest absolute Gasteiger partial charge is 0.341 e. The molecule has 1 saturated carbocycles. The van der Waals surface area contributed by atoms with Gasteiger partial charge in [-0.3, -0.25) is 9.78 Å². The van der Waals surface area contributed by atoms with Crippen molar-refractivity contribution in [3.8, 4) is 5.75 Å². The van der Waals surface area contributed by atoms with Gasteiger partial charge in [0.2, 0.25) is 11.9 Å². The summed E-state index contributed by atoms with van der Waals surface area (Å²) in [6.45, 7) is 7.53. The lowest BCUT2D eigenvalue weighted by Gasteiger charge is -2.25. The molecular formula is C29H34N8O4. The number of amides is 1. The second-order valence-corrected chi connectivity index (χ2v) is 10.3. The molecule has 3 heterocycles. The first-order valence-electron chi connectivity index (χ1n) is 13.3. The predicted molar refractivity (Wildman–Crippen MR) is 158 cm³/mol. The first-order chi connectivity index (χ1) is 19.7. The summed E-state index contributed by atoms with van der Waals surface area (Å²) in [7, 11) is 5.33. The minimum Gasteiger partial charge on any atom is -0.494 e. The van der Waals surface area contributed by atoms with Gasteiger partial charge < -0.3 is 35.6 Å². The number of carboxylic acids is 1. The molecule has 5 rings (SSSR count). The number of likely N-dealkylation sites (N-methyl/N-ethyl adjacent to an activating group) is 2. The van der Waals surface area contributed by atoms with E-state index in [2.05, 4.69) is 32.5 Å². The molecular weight excluding hydrogens is 524 g/mol. The number of rotatable bonds is 11. The first-order valence-corrected chi connectivity index (χ1v) is 13.3. The highest BCUT2D eigenvalue weighted by atomic mass is 16.5. The number of fused-ring (bicyclic) bond motifs is 2. The number of aromatic carboxylic acids is 1. The Morgan fingerprint density at radius 3 is 2.68 bits per heavy atom. The lowest BCUT2D eigenvalue weighted by molar-refractivity contribution is -0.111. The summed E-state index contributed by atoms with van der Waals surface area (Å²) < 4.78 is 5.68. The maximum Gasteiger partial charge on any atom is 0.341 e. The molecule has 1 aliphatic carbocycles. The third kappa shape index (κ3) is 5.38. The minimum absolute atomic E-state index is 0.00724. The predicted octanol–water partition coefficient (Wildman–Crippen LogP) is 3.59. The molecule has 1 aromatic carbocycles. The third-order valence-corrected chi connectivity index (χ3v) is 7.49. The van der Waals surface area contributed by atoms with Gasteiger partial charge in [-0.15, -0.1) is 0 Å². The number of pyridine rings is 1. The number of ether oxygens (including phenoxy) is 1. The third-order valence-electron chi connectivity index (χ3n) is 7.49. The van der Waals surface area contributed by atoms with E-state index in [0.29, 0.717) is 30.2 Å². The molecule has 3 aromatic rings. The number of carbonyl (C=O) groups excluding carboxylic acids is 1. The van der Waals surface area contributed by atoms with Crippen LogP contribution in [0.15, 0.2) is 43.1 Å². The van der Waals surface area contributed by atoms with Crippen LogP contribution < -0.4 is 30.5 Å². The van der Waals surface area contributed by atoms with Crippen molar-refractivity contribution in [1.29, 1.82) is 0 Å². The van der Waals surface area contributed by atoms with Crippen molar-refractivity contribution in [3.05, 3.63) is 60.1 Å². The summed E-state index contributed by atoms with van der Waals surface area (Å²) in [4.78, 5) is 42.2. The fourth-order valence-corrected chi connectivity index (χ4v) is 5.10. The molecule has 1 spiro atoms. The second-order valence-electron chi connectivity index (χ2n) is 10.3. The van der Waals surface area contributed by atoms with Crippen molar-refractivity contribution in [2.24, 2.45) is 0 Å². The summed E-state index contributed by atoms with van der Waals surface area (Å²) in [5, 5.41) is 19.1. The van der Waals surface area contributed by atoms with E-state index in [9.17, 15) is 14.7 Å². The van der Waals surface area contributed by atoms with Gasteiger partial charge in [-0.25, -0.2) is 9.78 Å². The number of nitrogens with one attached hydrogen (secondary N) is 3. The number of nitrogens with zero attached hydrogens (tertiary/aromatic N) is 5. The average Bonchev–Trinajstić information content (AvgIpc) is 3.68. The molecule has 0 atom stereocenters. The highest BCUT2D eigenvalue weighted by Crippen LogP contribution is 2.57. The SMILES string of the molecule is C=CC(=O)Nc1cc(Nc2ncc(C(=O)O)c(N3CC4(CC4)c4nc(C)ccc43)n2)c(OC)cc1N(C)CCNC. The van der Waals surface area contributed by atoms with Crippen molar-refractivity contribution in [2.75, 3.05) is 61.3 Å². The van der Waals surface area contributed by atoms with Gasteiger partial charge in [-0.2, -0.15) is 4.98 Å². The lowest BCUT2D eigenvalue weighted by Crippen LogP contribution is -2.28. The summed E-state index contributed by atoms with van der Waals surface area (Å²) in [5.74, 6) is -0.527. The Balaban J connectivity index is 1.54. The fourth-order valence-electron chi connectivity index (χ4n) is 5.10. The molecule has 12 heteroatoms. The van der Waals surface area contributed by atoms with Crippen LogP contribution in [-0.2, 0) is 10.2 Å². The normalized spacial score (nSPS) is 14.4. The van der Waals surface area contributed by atoms with Crippen LogP contribution in [0.1, 0.15) is 34.6 Å². The molecule has 0 saturated heterocycles. The van der Waals surface area contributed by atoms with Crippen LogP contribution in [0.2, 0.25) is 0 Å². The Hall–Kier alpha value is -4.71. The van der Waals surface area contributed by atoms with E-state index < -0.39 is 5.97 Å². The number of anilines is 6. The van der Waals surface area contributed by atoms with Crippen molar-refractivity contribution in [2.45, 2.75) is 25.2 Å². The van der Waals surface area contributed by atoms with Crippen LogP contribution in [0.3, 0.4) is 0 Å². The quantitative estimate of drug-likeness (QED) is 0.256. The summed E-state index contributed by atoms with van der Waals surface area (Å²) in [5.41, 5.74) is 4.46. The van der Waals surface area contributed by atoms with Crippen LogP contribution in [0.5, 0.6) is 5.75 Å². The monoisotopic (exact) mass is 558 g/mol. The molecule has 0 bridgehead atoms. The van der Waals surface area contributed by atoms with Crippen LogP contribution >= 0.6 is 0 Å². The highest BCUT2D eigenvalue weighted by molar-refractivity contribution is 6.02. The Morgan fingerprint density at radius 1 is 1.24 bits per heavy atom. The van der Waals surface area contributed by atoms with E-state index in [1.807, 2.05) is 49.0 Å². The number of aryl methyl sites for hydroxylation is 1. The van der Waals surface area contributed by atoms with Gasteiger partial charge in [0.25, 0.3) is 0 Å². The van der Waals surface area contributed by atoms with Gasteiger partial charge in [-0.05, 0) is 51.1 Å². The van der Waals surface area contributed by atoms with Crippen molar-refractivity contribution < 1.29 is 19.4 Å². The number of aromatic nitrogens is 3. The standard InChI is InChI=1S/C29H34N8O4/c1-6-24(38)33-19-13-20(23(41-5)14-22(19)36(4)12-11-30-3)34-28-31-15-18(27(39)40)26(35-28)37-16-29(9-10-29)25-21(37)8-7-17(2)32-25/h6-8,13-15,30H,1,9-12,16H2,2-5H3,(H,33,38)(H,39,40)(H,31,34,35). The Morgan fingerprint density at radius 2 is 2.02 bits per heavy atom. The molecule has 4 N–H and O–H groups in total. The summed E-state index contributed by atoms with van der Waals surface area (Å²) >= 11 is 0. The molecule has 1 aliphatic heterocycles. The van der Waals surface area contributed by atoms with Crippen molar-refractivity contribution >= 4 is 46.4 Å². The van der Waals surface area contributed by atoms with Gasteiger partial charge in [-0.1, -0.05) is 6.58 Å². The fraction of sp³-hybridized carbons (Fsp3) is 0.345. The highest BCUT2D eigenvalue weighted by Gasteiger charge is 2.54. The van der Waals surface area contributed by atoms with Crippen LogP contribution in [-0.4, -0.2) is 72.8 Å². The maximum absolute atomic E-state index is 12.3. The second kappa shape index (κ2) is 11.0. The average molecular weight is 559 g/mol. The Kier molecular flexibility index (Phi) is 7.50. The topological polar surface area (TPSA) is 145 Å². The zero-order valence-electron chi connectivity index (χ0n) is 23.6. The van der Waals surface area contributed by atoms with Gasteiger partial charge in [0.05, 0.1) is 35.6 Å². The van der Waals surface area contributed by atoms with E-state index in [1.54, 1.807) is 13.2 Å². The van der Waals surface area contributed by atoms with Gasteiger partial charge >= 0.3 is 5.97 Å². The molecule has 1 amide bonds. The number of hydrogen-bond donors (Lipinski definition) is 4. The van der Waals surface area contributed by atoms with E-state index in [-0.39, 0.29) is 28.7 Å². The molecule has 1 fully saturated rings. The molecule has 41 heavy (non-hydrogen) atoms. The van der Waals surface area contributed by atoms with Crippen LogP contribution in [0, 0.1) is 6.92 Å². The Labute approximate surface area is 238 Å². The number of carboxylic acid groups (broad SMARTS) is 1. The van der Waals surface area contributed by atoms with Crippen molar-refractivity contribution in [1.82, 2.24) is 20.3 Å². The van der Waals surface area contributed by atoms with E-state index in [1.165, 1.54) is 12.3 Å². The molecule has 0 unspecified atom stereocenters. The van der Waals surface area contributed by atoms with E-state index in [4.69, 9.17) is 9.72 Å². The largest absolute Gasteiger partial charge is 0.494 e. The molecule has 12 nitrogen and oxygen atoms in total. The summed E-state index contributed by atoms with van der Waals surface area (Å²) in [6.07, 6.45) is 4.50. The van der Waals surface area contributed by atoms with Crippen LogP contribution in [0.25, 0.3) is 0 Å². The zero-order valence-corrected chi connectivity index (χ0v) is 23.6. The minimum atomic E-state index is -1.12. The number of carbonyl (C=O) groups is 2. The van der Waals surface area contributed by atoms with Crippen LogP contribution in [0.4, 0.5) is 34.5 Å². The summed E-state index contributed by atoms with van der Waals surface area (Å²) in [6, 6.07) is 7.45. The number of methoxy groups -OCH3 is 1. The Bertz CT molecular complexity index is 1520.